The van der Waals surface area contributed by atoms with Gasteiger partial charge in [0.15, 0.2) is 0 Å². The molecule has 1 aromatic rings. The fraction of sp³-hybridized carbons (Fsp3) is 0.692. The molecule has 0 saturated carbocycles. The Bertz CT molecular complexity index is 622. The topological polar surface area (TPSA) is 96.3 Å². The van der Waals surface area contributed by atoms with E-state index in [0.29, 0.717) is 0 Å². The summed E-state index contributed by atoms with van der Waals surface area (Å²) in [6.45, 7) is 6.74. The smallest absolute Gasteiger partial charge is 0.238 e. The van der Waals surface area contributed by atoms with Crippen molar-refractivity contribution in [3.8, 4) is 0 Å². The first-order valence-corrected chi connectivity index (χ1v) is 8.74. The zero-order valence-corrected chi connectivity index (χ0v) is 14.6. The number of sulfonamides is 1. The quantitative estimate of drug-likeness (QED) is 0.651. The maximum atomic E-state index is 11.9. The maximum Gasteiger partial charge on any atom is 0.238 e. The van der Waals surface area contributed by atoms with E-state index in [-0.39, 0.29) is 24.7 Å². The molecule has 1 heterocycles. The van der Waals surface area contributed by atoms with Crippen molar-refractivity contribution in [3.05, 3.63) is 11.4 Å². The summed E-state index contributed by atoms with van der Waals surface area (Å²) in [5.41, 5.74) is 2.39. The largest absolute Gasteiger partial charge is 0.322 e. The van der Waals surface area contributed by atoms with Crippen molar-refractivity contribution in [1.29, 1.82) is 0 Å². The molecule has 2 N–H and O–H groups in total. The van der Waals surface area contributed by atoms with Crippen LogP contribution in [0.5, 0.6) is 0 Å². The molecular formula is C13H25N5O3S. The molecule has 0 aromatic carbocycles. The Hall–Kier alpha value is -1.45. The number of amides is 1. The lowest BCUT2D eigenvalue weighted by atomic mass is 10.3. The van der Waals surface area contributed by atoms with Crippen LogP contribution in [0, 0.1) is 13.8 Å². The molecular weight excluding hydrogens is 306 g/mol. The van der Waals surface area contributed by atoms with Crippen LogP contribution in [0.15, 0.2) is 0 Å². The van der Waals surface area contributed by atoms with E-state index >= 15 is 0 Å². The molecule has 0 aliphatic rings. The Morgan fingerprint density at radius 1 is 1.32 bits per heavy atom. The van der Waals surface area contributed by atoms with Crippen molar-refractivity contribution in [3.63, 3.8) is 0 Å². The zero-order chi connectivity index (χ0) is 16.9. The number of aryl methyl sites for hydroxylation is 2. The van der Waals surface area contributed by atoms with Crippen LogP contribution in [-0.2, 0) is 21.4 Å². The van der Waals surface area contributed by atoms with Crippen LogP contribution < -0.4 is 10.6 Å². The number of nitrogens with zero attached hydrogens (tertiary/aromatic N) is 3. The zero-order valence-electron chi connectivity index (χ0n) is 13.8. The fourth-order valence-corrected chi connectivity index (χ4v) is 2.72. The highest BCUT2D eigenvalue weighted by molar-refractivity contribution is 7.89. The molecule has 8 nitrogen and oxygen atoms in total. The maximum absolute atomic E-state index is 11.9. The van der Waals surface area contributed by atoms with Crippen LogP contribution in [-0.4, -0.2) is 61.3 Å². The number of hydrogen-bond acceptors (Lipinski definition) is 5. The first kappa shape index (κ1) is 18.6. The van der Waals surface area contributed by atoms with Crippen molar-refractivity contribution in [2.75, 3.05) is 38.3 Å². The van der Waals surface area contributed by atoms with Gasteiger partial charge in [0, 0.05) is 27.2 Å². The number of carbonyl (C=O) groups is 1. The van der Waals surface area contributed by atoms with Gasteiger partial charge >= 0.3 is 0 Å². The number of anilines is 1. The standard InChI is InChI=1S/C13H25N5O3S/c1-6-18-11(3)13(10(2)16-18)15-12(19)9-14-7-8-22(20,21)17(4)5/h14H,6-9H2,1-5H3,(H,15,19). The van der Waals surface area contributed by atoms with Gasteiger partial charge in [-0.25, -0.2) is 12.7 Å². The van der Waals surface area contributed by atoms with E-state index in [1.54, 1.807) is 0 Å². The Kier molecular flexibility index (Phi) is 6.51. The van der Waals surface area contributed by atoms with Gasteiger partial charge in [-0.05, 0) is 20.8 Å². The molecule has 126 valence electrons. The Balaban J connectivity index is 2.47. The van der Waals surface area contributed by atoms with Gasteiger partial charge in [0.1, 0.15) is 0 Å². The second kappa shape index (κ2) is 7.70. The molecule has 0 atom stereocenters. The minimum absolute atomic E-state index is 0.0426. The van der Waals surface area contributed by atoms with Crippen molar-refractivity contribution in [2.45, 2.75) is 27.3 Å². The fourth-order valence-electron chi connectivity index (χ4n) is 1.95. The van der Waals surface area contributed by atoms with E-state index in [0.717, 1.165) is 23.6 Å². The first-order chi connectivity index (χ1) is 10.2. The SMILES string of the molecule is CCn1nc(C)c(NC(=O)CNCCS(=O)(=O)N(C)C)c1C. The van der Waals surface area contributed by atoms with Crippen LogP contribution >= 0.6 is 0 Å². The predicted octanol–water partition coefficient (Wildman–Crippen LogP) is -0.0607. The molecule has 0 saturated heterocycles. The number of nitrogens with one attached hydrogen (secondary N) is 2. The van der Waals surface area contributed by atoms with Gasteiger partial charge in [0.05, 0.1) is 29.4 Å². The molecule has 0 fully saturated rings. The van der Waals surface area contributed by atoms with Gasteiger partial charge in [-0.3, -0.25) is 9.48 Å². The molecule has 1 amide bonds. The minimum Gasteiger partial charge on any atom is -0.322 e. The summed E-state index contributed by atoms with van der Waals surface area (Å²) in [7, 11) is -0.273. The molecule has 1 aromatic heterocycles. The van der Waals surface area contributed by atoms with E-state index in [4.69, 9.17) is 0 Å². The van der Waals surface area contributed by atoms with Crippen LogP contribution in [0.25, 0.3) is 0 Å². The first-order valence-electron chi connectivity index (χ1n) is 7.13. The lowest BCUT2D eigenvalue weighted by Gasteiger charge is -2.11. The van der Waals surface area contributed by atoms with E-state index in [1.165, 1.54) is 18.4 Å². The summed E-state index contributed by atoms with van der Waals surface area (Å²) >= 11 is 0. The predicted molar refractivity (Wildman–Crippen MR) is 86.3 cm³/mol. The number of rotatable bonds is 8. The highest BCUT2D eigenvalue weighted by Crippen LogP contribution is 2.18. The highest BCUT2D eigenvalue weighted by Gasteiger charge is 2.15. The molecule has 9 heteroatoms. The normalized spacial score (nSPS) is 11.9. The van der Waals surface area contributed by atoms with Crippen molar-refractivity contribution in [1.82, 2.24) is 19.4 Å². The summed E-state index contributed by atoms with van der Waals surface area (Å²) in [6, 6.07) is 0. The van der Waals surface area contributed by atoms with Gasteiger partial charge in [-0.1, -0.05) is 0 Å². The van der Waals surface area contributed by atoms with Crippen LogP contribution in [0.2, 0.25) is 0 Å². The van der Waals surface area contributed by atoms with Gasteiger partial charge in [-0.2, -0.15) is 5.10 Å². The molecule has 0 spiro atoms. The molecule has 22 heavy (non-hydrogen) atoms. The van der Waals surface area contributed by atoms with Gasteiger partial charge in [-0.15, -0.1) is 0 Å². The molecule has 0 aliphatic carbocycles. The number of aromatic nitrogens is 2. The molecule has 0 aliphatic heterocycles. The third-order valence-corrected chi connectivity index (χ3v) is 5.16. The molecule has 0 unspecified atom stereocenters. The lowest BCUT2D eigenvalue weighted by molar-refractivity contribution is -0.115. The van der Waals surface area contributed by atoms with E-state index in [2.05, 4.69) is 15.7 Å². The Morgan fingerprint density at radius 3 is 2.45 bits per heavy atom. The number of carbonyl (C=O) groups excluding carboxylic acids is 1. The lowest BCUT2D eigenvalue weighted by Crippen LogP contribution is -2.35. The van der Waals surface area contributed by atoms with Gasteiger partial charge in [0.2, 0.25) is 15.9 Å². The monoisotopic (exact) mass is 331 g/mol. The van der Waals surface area contributed by atoms with Crippen LogP contribution in [0.3, 0.4) is 0 Å². The van der Waals surface area contributed by atoms with Crippen LogP contribution in [0.1, 0.15) is 18.3 Å². The Labute approximate surface area is 131 Å². The summed E-state index contributed by atoms with van der Waals surface area (Å²) in [6.07, 6.45) is 0. The summed E-state index contributed by atoms with van der Waals surface area (Å²) in [4.78, 5) is 11.9. The van der Waals surface area contributed by atoms with E-state index < -0.39 is 10.0 Å². The Morgan fingerprint density at radius 2 is 1.95 bits per heavy atom. The van der Waals surface area contributed by atoms with Gasteiger partial charge in [0.25, 0.3) is 0 Å². The van der Waals surface area contributed by atoms with Gasteiger partial charge < -0.3 is 10.6 Å². The average Bonchev–Trinajstić information content (AvgIpc) is 2.71. The average molecular weight is 331 g/mol. The minimum atomic E-state index is -3.24. The summed E-state index contributed by atoms with van der Waals surface area (Å²) in [5.74, 6) is -0.261. The molecule has 0 radical (unpaired) electrons. The van der Waals surface area contributed by atoms with E-state index in [9.17, 15) is 13.2 Å². The third kappa shape index (κ3) is 4.79. The van der Waals surface area contributed by atoms with Crippen molar-refractivity contribution in [2.24, 2.45) is 0 Å². The second-order valence-electron chi connectivity index (χ2n) is 5.18. The van der Waals surface area contributed by atoms with Crippen LogP contribution in [0.4, 0.5) is 5.69 Å². The van der Waals surface area contributed by atoms with Crippen molar-refractivity contribution >= 4 is 21.6 Å². The van der Waals surface area contributed by atoms with Crippen molar-refractivity contribution < 1.29 is 13.2 Å². The highest BCUT2D eigenvalue weighted by atomic mass is 32.2. The third-order valence-electron chi connectivity index (χ3n) is 3.32. The second-order valence-corrected chi connectivity index (χ2v) is 7.49. The molecule has 0 bridgehead atoms. The summed E-state index contributed by atoms with van der Waals surface area (Å²) in [5, 5.41) is 9.97. The summed E-state index contributed by atoms with van der Waals surface area (Å²) < 4.78 is 26.1. The van der Waals surface area contributed by atoms with E-state index in [1.807, 2.05) is 25.5 Å². The number of hydrogen-bond donors (Lipinski definition) is 2. The molecule has 1 rings (SSSR count).